The molecule has 1 saturated heterocycles. The van der Waals surface area contributed by atoms with Gasteiger partial charge in [-0.05, 0) is 18.9 Å². The lowest BCUT2D eigenvalue weighted by Crippen LogP contribution is -2.48. The Bertz CT molecular complexity index is 386. The minimum atomic E-state index is -0.137. The number of piperidine rings is 1. The molecule has 1 aliphatic rings. The Morgan fingerprint density at radius 2 is 2.22 bits per heavy atom. The SMILES string of the molecule is COC1CCN(Cc2ccccc2F)C(CN)C1. The first-order chi connectivity index (χ1) is 8.74. The Labute approximate surface area is 108 Å². The number of methoxy groups -OCH3 is 1. The highest BCUT2D eigenvalue weighted by atomic mass is 19.1. The van der Waals surface area contributed by atoms with E-state index in [4.69, 9.17) is 10.5 Å². The number of ether oxygens (including phenoxy) is 1. The highest BCUT2D eigenvalue weighted by Crippen LogP contribution is 2.22. The smallest absolute Gasteiger partial charge is 0.127 e. The molecule has 3 nitrogen and oxygen atoms in total. The molecule has 0 amide bonds. The van der Waals surface area contributed by atoms with E-state index in [1.54, 1.807) is 13.2 Å². The number of nitrogens with two attached hydrogens (primary N) is 1. The van der Waals surface area contributed by atoms with E-state index in [0.717, 1.165) is 24.9 Å². The molecule has 4 heteroatoms. The number of hydrogen-bond acceptors (Lipinski definition) is 3. The van der Waals surface area contributed by atoms with Crippen LogP contribution in [0, 0.1) is 5.82 Å². The standard InChI is InChI=1S/C14H21FN2O/c1-18-13-6-7-17(12(8-13)9-16)10-11-4-2-3-5-14(11)15/h2-5,12-13H,6-10,16H2,1H3. The maximum absolute atomic E-state index is 13.6. The molecule has 18 heavy (non-hydrogen) atoms. The maximum Gasteiger partial charge on any atom is 0.127 e. The predicted octanol–water partition coefficient (Wildman–Crippen LogP) is 1.76. The first-order valence-electron chi connectivity index (χ1n) is 6.45. The molecule has 1 fully saturated rings. The third kappa shape index (κ3) is 3.07. The number of nitrogens with zero attached hydrogens (tertiary/aromatic N) is 1. The van der Waals surface area contributed by atoms with Crippen molar-refractivity contribution in [2.45, 2.75) is 31.5 Å². The van der Waals surface area contributed by atoms with Crippen LogP contribution in [0.4, 0.5) is 4.39 Å². The zero-order chi connectivity index (χ0) is 13.0. The predicted molar refractivity (Wildman–Crippen MR) is 69.7 cm³/mol. The summed E-state index contributed by atoms with van der Waals surface area (Å²) in [4.78, 5) is 2.26. The summed E-state index contributed by atoms with van der Waals surface area (Å²) in [5, 5.41) is 0. The minimum Gasteiger partial charge on any atom is -0.381 e. The van der Waals surface area contributed by atoms with Crippen LogP contribution in [0.2, 0.25) is 0 Å². The molecule has 2 rings (SSSR count). The van der Waals surface area contributed by atoms with Gasteiger partial charge in [0.25, 0.3) is 0 Å². The quantitative estimate of drug-likeness (QED) is 0.887. The summed E-state index contributed by atoms with van der Waals surface area (Å²) in [5.41, 5.74) is 6.55. The second-order valence-electron chi connectivity index (χ2n) is 4.83. The first-order valence-corrected chi connectivity index (χ1v) is 6.45. The molecule has 1 heterocycles. The van der Waals surface area contributed by atoms with Crippen LogP contribution in [0.3, 0.4) is 0 Å². The van der Waals surface area contributed by atoms with Crippen LogP contribution < -0.4 is 5.73 Å². The van der Waals surface area contributed by atoms with Crippen LogP contribution in [0.25, 0.3) is 0 Å². The van der Waals surface area contributed by atoms with Gasteiger partial charge in [-0.3, -0.25) is 4.90 Å². The largest absolute Gasteiger partial charge is 0.381 e. The van der Waals surface area contributed by atoms with E-state index < -0.39 is 0 Å². The highest BCUT2D eigenvalue weighted by Gasteiger charge is 2.27. The average Bonchev–Trinajstić information content (AvgIpc) is 2.41. The second-order valence-corrected chi connectivity index (χ2v) is 4.83. The molecule has 1 aliphatic heterocycles. The number of likely N-dealkylation sites (tertiary alicyclic amines) is 1. The number of benzene rings is 1. The van der Waals surface area contributed by atoms with E-state index in [1.807, 2.05) is 12.1 Å². The van der Waals surface area contributed by atoms with Gasteiger partial charge in [0.15, 0.2) is 0 Å². The van der Waals surface area contributed by atoms with Gasteiger partial charge in [-0.2, -0.15) is 0 Å². The molecule has 0 bridgehead atoms. The van der Waals surface area contributed by atoms with Crippen LogP contribution in [0.5, 0.6) is 0 Å². The first kappa shape index (κ1) is 13.5. The molecule has 0 saturated carbocycles. The van der Waals surface area contributed by atoms with E-state index in [1.165, 1.54) is 6.07 Å². The summed E-state index contributed by atoms with van der Waals surface area (Å²) < 4.78 is 19.0. The molecule has 1 aromatic rings. The number of hydrogen-bond donors (Lipinski definition) is 1. The monoisotopic (exact) mass is 252 g/mol. The van der Waals surface area contributed by atoms with Crippen LogP contribution in [0.15, 0.2) is 24.3 Å². The average molecular weight is 252 g/mol. The zero-order valence-corrected chi connectivity index (χ0v) is 10.8. The van der Waals surface area contributed by atoms with Crippen molar-refractivity contribution in [1.82, 2.24) is 4.90 Å². The molecule has 2 N–H and O–H groups in total. The van der Waals surface area contributed by atoms with Crippen molar-refractivity contribution in [2.75, 3.05) is 20.2 Å². The van der Waals surface area contributed by atoms with Crippen molar-refractivity contribution >= 4 is 0 Å². The Morgan fingerprint density at radius 1 is 1.44 bits per heavy atom. The summed E-state index contributed by atoms with van der Waals surface area (Å²) in [5.74, 6) is -0.137. The van der Waals surface area contributed by atoms with Gasteiger partial charge >= 0.3 is 0 Å². The minimum absolute atomic E-state index is 0.137. The molecule has 2 atom stereocenters. The van der Waals surface area contributed by atoms with Gasteiger partial charge in [-0.1, -0.05) is 18.2 Å². The van der Waals surface area contributed by atoms with Crippen molar-refractivity contribution in [3.05, 3.63) is 35.6 Å². The van der Waals surface area contributed by atoms with Crippen LogP contribution in [0.1, 0.15) is 18.4 Å². The summed E-state index contributed by atoms with van der Waals surface area (Å²) in [6.07, 6.45) is 2.21. The molecule has 0 aromatic heterocycles. The molecule has 0 spiro atoms. The summed E-state index contributed by atoms with van der Waals surface area (Å²) >= 11 is 0. The van der Waals surface area contributed by atoms with E-state index >= 15 is 0 Å². The third-order valence-electron chi connectivity index (χ3n) is 3.73. The fourth-order valence-corrected chi connectivity index (χ4v) is 2.58. The van der Waals surface area contributed by atoms with Gasteiger partial charge < -0.3 is 10.5 Å². The van der Waals surface area contributed by atoms with Crippen molar-refractivity contribution < 1.29 is 9.13 Å². The zero-order valence-electron chi connectivity index (χ0n) is 10.8. The lowest BCUT2D eigenvalue weighted by Gasteiger charge is -2.38. The van der Waals surface area contributed by atoms with Gasteiger partial charge in [-0.15, -0.1) is 0 Å². The lowest BCUT2D eigenvalue weighted by atomic mass is 9.98. The Morgan fingerprint density at radius 3 is 2.89 bits per heavy atom. The van der Waals surface area contributed by atoms with Gasteiger partial charge in [0, 0.05) is 38.3 Å². The topological polar surface area (TPSA) is 38.5 Å². The number of rotatable bonds is 4. The normalized spacial score (nSPS) is 25.3. The number of halogens is 1. The van der Waals surface area contributed by atoms with Crippen LogP contribution in [-0.4, -0.2) is 37.2 Å². The molecule has 0 aliphatic carbocycles. The molecular formula is C14H21FN2O. The van der Waals surface area contributed by atoms with Crippen molar-refractivity contribution in [3.63, 3.8) is 0 Å². The van der Waals surface area contributed by atoms with Gasteiger partial charge in [0.05, 0.1) is 6.10 Å². The Hall–Kier alpha value is -0.970. The van der Waals surface area contributed by atoms with Gasteiger partial charge in [-0.25, -0.2) is 4.39 Å². The van der Waals surface area contributed by atoms with E-state index in [2.05, 4.69) is 4.90 Å². The van der Waals surface area contributed by atoms with E-state index in [-0.39, 0.29) is 18.0 Å². The molecule has 2 unspecified atom stereocenters. The highest BCUT2D eigenvalue weighted by molar-refractivity contribution is 5.17. The fraction of sp³-hybridized carbons (Fsp3) is 0.571. The van der Waals surface area contributed by atoms with Crippen molar-refractivity contribution in [2.24, 2.45) is 5.73 Å². The van der Waals surface area contributed by atoms with Crippen LogP contribution >= 0.6 is 0 Å². The second kappa shape index (κ2) is 6.27. The maximum atomic E-state index is 13.6. The van der Waals surface area contributed by atoms with Crippen LogP contribution in [-0.2, 0) is 11.3 Å². The van der Waals surface area contributed by atoms with Crippen molar-refractivity contribution in [3.8, 4) is 0 Å². The van der Waals surface area contributed by atoms with Gasteiger partial charge in [0.2, 0.25) is 0 Å². The van der Waals surface area contributed by atoms with Gasteiger partial charge in [0.1, 0.15) is 5.82 Å². The molecule has 0 radical (unpaired) electrons. The van der Waals surface area contributed by atoms with E-state index in [9.17, 15) is 4.39 Å². The van der Waals surface area contributed by atoms with Crippen molar-refractivity contribution in [1.29, 1.82) is 0 Å². The molecular weight excluding hydrogens is 231 g/mol. The molecule has 1 aromatic carbocycles. The Balaban J connectivity index is 2.02. The molecule has 100 valence electrons. The summed E-state index contributed by atoms with van der Waals surface area (Å²) in [6, 6.07) is 7.22. The fourth-order valence-electron chi connectivity index (χ4n) is 2.58. The Kier molecular flexibility index (Phi) is 4.69. The summed E-state index contributed by atoms with van der Waals surface area (Å²) in [6.45, 7) is 2.13. The summed E-state index contributed by atoms with van der Waals surface area (Å²) in [7, 11) is 1.74. The lowest BCUT2D eigenvalue weighted by molar-refractivity contribution is 0.00988. The van der Waals surface area contributed by atoms with E-state index in [0.29, 0.717) is 13.1 Å². The third-order valence-corrected chi connectivity index (χ3v) is 3.73.